The van der Waals surface area contributed by atoms with E-state index in [1.165, 1.54) is 4.80 Å². The number of rotatable bonds is 3. The van der Waals surface area contributed by atoms with Crippen molar-refractivity contribution in [2.24, 2.45) is 7.05 Å². The fraction of sp³-hybridized carbons (Fsp3) is 0.364. The molecule has 1 heterocycles. The molecule has 0 radical (unpaired) electrons. The third-order valence-electron chi connectivity index (χ3n) is 2.52. The van der Waals surface area contributed by atoms with E-state index < -0.39 is 6.10 Å². The van der Waals surface area contributed by atoms with Crippen LogP contribution in [0, 0.1) is 6.92 Å². The second-order valence-electron chi connectivity index (χ2n) is 3.92. The van der Waals surface area contributed by atoms with Crippen LogP contribution < -0.4 is 0 Å². The van der Waals surface area contributed by atoms with Gasteiger partial charge in [0.05, 0.1) is 13.2 Å². The van der Waals surface area contributed by atoms with Crippen molar-refractivity contribution in [2.75, 3.05) is 0 Å². The van der Waals surface area contributed by atoms with Crippen LogP contribution in [0.25, 0.3) is 0 Å². The first kappa shape index (κ1) is 12.2. The highest BCUT2D eigenvalue weighted by atomic mass is 79.9. The van der Waals surface area contributed by atoms with E-state index in [9.17, 15) is 5.11 Å². The Hall–Kier alpha value is -1.27. The monoisotopic (exact) mass is 296 g/mol. The molecule has 2 aromatic rings. The highest BCUT2D eigenvalue weighted by Crippen LogP contribution is 2.23. The van der Waals surface area contributed by atoms with Crippen LogP contribution in [0.5, 0.6) is 0 Å². The van der Waals surface area contributed by atoms with Gasteiger partial charge >= 0.3 is 0 Å². The van der Waals surface area contributed by atoms with Crippen LogP contribution >= 0.6 is 15.9 Å². The van der Waals surface area contributed by atoms with E-state index in [1.54, 1.807) is 7.05 Å². The van der Waals surface area contributed by atoms with Crippen LogP contribution in [0.1, 0.15) is 23.1 Å². The van der Waals surface area contributed by atoms with Crippen LogP contribution in [0.3, 0.4) is 0 Å². The summed E-state index contributed by atoms with van der Waals surface area (Å²) in [6.07, 6.45) is -0.233. The molecule has 1 aromatic carbocycles. The van der Waals surface area contributed by atoms with Gasteiger partial charge in [-0.15, -0.1) is 10.2 Å². The molecular formula is C11H13BrN4O. The smallest absolute Gasteiger partial charge is 0.177 e. The molecule has 1 atom stereocenters. The number of aryl methyl sites for hydroxylation is 2. The predicted molar refractivity (Wildman–Crippen MR) is 66.3 cm³/mol. The minimum atomic E-state index is -0.604. The van der Waals surface area contributed by atoms with E-state index in [-0.39, 0.29) is 0 Å². The maximum Gasteiger partial charge on any atom is 0.177 e. The first-order valence-electron chi connectivity index (χ1n) is 5.23. The Balaban J connectivity index is 2.17. The van der Waals surface area contributed by atoms with Crippen molar-refractivity contribution in [2.45, 2.75) is 19.4 Å². The molecule has 6 heteroatoms. The molecule has 0 amide bonds. The topological polar surface area (TPSA) is 63.8 Å². The molecule has 0 saturated heterocycles. The normalized spacial score (nSPS) is 12.7. The van der Waals surface area contributed by atoms with Crippen molar-refractivity contribution in [3.8, 4) is 0 Å². The number of hydrogen-bond donors (Lipinski definition) is 1. The summed E-state index contributed by atoms with van der Waals surface area (Å²) in [5, 5.41) is 21.8. The van der Waals surface area contributed by atoms with Gasteiger partial charge in [-0.3, -0.25) is 0 Å². The van der Waals surface area contributed by atoms with Crippen LogP contribution in [0.4, 0.5) is 0 Å². The lowest BCUT2D eigenvalue weighted by molar-refractivity contribution is 0.175. The second kappa shape index (κ2) is 4.93. The minimum absolute atomic E-state index is 0.371. The molecule has 0 saturated carbocycles. The van der Waals surface area contributed by atoms with Gasteiger partial charge < -0.3 is 5.11 Å². The molecule has 90 valence electrons. The first-order chi connectivity index (χ1) is 8.06. The lowest BCUT2D eigenvalue weighted by atomic mass is 10.0. The lowest BCUT2D eigenvalue weighted by Crippen LogP contribution is -2.05. The van der Waals surface area contributed by atoms with E-state index in [2.05, 4.69) is 31.3 Å². The third kappa shape index (κ3) is 2.89. The van der Waals surface area contributed by atoms with E-state index in [1.807, 2.05) is 25.1 Å². The van der Waals surface area contributed by atoms with Gasteiger partial charge in [-0.1, -0.05) is 22.0 Å². The quantitative estimate of drug-likeness (QED) is 0.933. The molecule has 0 aliphatic carbocycles. The summed E-state index contributed by atoms with van der Waals surface area (Å²) in [6.45, 7) is 1.97. The highest BCUT2D eigenvalue weighted by molar-refractivity contribution is 9.10. The Morgan fingerprint density at radius 2 is 2.24 bits per heavy atom. The van der Waals surface area contributed by atoms with E-state index in [0.717, 1.165) is 15.6 Å². The maximum atomic E-state index is 10.1. The average molecular weight is 297 g/mol. The Labute approximate surface area is 108 Å². The Bertz CT molecular complexity index is 526. The summed E-state index contributed by atoms with van der Waals surface area (Å²) in [5.74, 6) is 0.544. The van der Waals surface area contributed by atoms with Crippen LogP contribution in [-0.2, 0) is 13.5 Å². The zero-order chi connectivity index (χ0) is 12.4. The molecule has 0 aliphatic rings. The molecule has 0 fully saturated rings. The number of aromatic nitrogens is 4. The van der Waals surface area contributed by atoms with Crippen molar-refractivity contribution >= 4 is 15.9 Å². The van der Waals surface area contributed by atoms with Gasteiger partial charge in [0, 0.05) is 10.9 Å². The number of tetrazole rings is 1. The van der Waals surface area contributed by atoms with Crippen molar-refractivity contribution < 1.29 is 5.11 Å². The molecule has 1 aromatic heterocycles. The molecule has 17 heavy (non-hydrogen) atoms. The molecule has 1 unspecified atom stereocenters. The SMILES string of the molecule is Cc1cc(Br)ccc1C(O)Cc1nnn(C)n1. The number of halogens is 1. The Morgan fingerprint density at radius 1 is 1.47 bits per heavy atom. The van der Waals surface area contributed by atoms with Crippen molar-refractivity contribution in [1.82, 2.24) is 20.2 Å². The zero-order valence-electron chi connectivity index (χ0n) is 9.63. The Morgan fingerprint density at radius 3 is 2.82 bits per heavy atom. The predicted octanol–water partition coefficient (Wildman–Crippen LogP) is 1.56. The van der Waals surface area contributed by atoms with E-state index in [0.29, 0.717) is 12.2 Å². The largest absolute Gasteiger partial charge is 0.388 e. The first-order valence-corrected chi connectivity index (χ1v) is 6.02. The summed E-state index contributed by atoms with van der Waals surface area (Å²) in [6, 6.07) is 5.79. The summed E-state index contributed by atoms with van der Waals surface area (Å²) < 4.78 is 1.00. The number of benzene rings is 1. The summed E-state index contributed by atoms with van der Waals surface area (Å²) in [7, 11) is 1.70. The van der Waals surface area contributed by atoms with Crippen molar-refractivity contribution in [3.63, 3.8) is 0 Å². The van der Waals surface area contributed by atoms with Crippen molar-refractivity contribution in [1.29, 1.82) is 0 Å². The summed E-state index contributed by atoms with van der Waals surface area (Å²) in [5.41, 5.74) is 1.93. The number of hydrogen-bond acceptors (Lipinski definition) is 4. The Kier molecular flexibility index (Phi) is 3.54. The zero-order valence-corrected chi connectivity index (χ0v) is 11.2. The second-order valence-corrected chi connectivity index (χ2v) is 4.83. The fourth-order valence-electron chi connectivity index (χ4n) is 1.70. The van der Waals surface area contributed by atoms with Crippen molar-refractivity contribution in [3.05, 3.63) is 39.6 Å². The van der Waals surface area contributed by atoms with Gasteiger partial charge in [0.2, 0.25) is 0 Å². The van der Waals surface area contributed by atoms with Gasteiger partial charge in [0.15, 0.2) is 5.82 Å². The molecule has 2 rings (SSSR count). The molecule has 5 nitrogen and oxygen atoms in total. The van der Waals surface area contributed by atoms with Crippen LogP contribution in [0.2, 0.25) is 0 Å². The maximum absolute atomic E-state index is 10.1. The van der Waals surface area contributed by atoms with Gasteiger partial charge in [-0.2, -0.15) is 4.80 Å². The molecule has 1 N–H and O–H groups in total. The minimum Gasteiger partial charge on any atom is -0.388 e. The molecule has 0 aliphatic heterocycles. The van der Waals surface area contributed by atoms with Gasteiger partial charge in [0.25, 0.3) is 0 Å². The molecule has 0 bridgehead atoms. The van der Waals surface area contributed by atoms with Crippen LogP contribution in [0.15, 0.2) is 22.7 Å². The van der Waals surface area contributed by atoms with Gasteiger partial charge in [0.1, 0.15) is 0 Å². The van der Waals surface area contributed by atoms with E-state index >= 15 is 0 Å². The molecule has 0 spiro atoms. The summed E-state index contributed by atoms with van der Waals surface area (Å²) >= 11 is 3.40. The number of nitrogens with zero attached hydrogens (tertiary/aromatic N) is 4. The van der Waals surface area contributed by atoms with E-state index in [4.69, 9.17) is 0 Å². The fourth-order valence-corrected chi connectivity index (χ4v) is 2.18. The standard InChI is InChI=1S/C11H13BrN4O/c1-7-5-8(12)3-4-9(7)10(17)6-11-13-15-16(2)14-11/h3-5,10,17H,6H2,1-2H3. The van der Waals surface area contributed by atoms with Gasteiger partial charge in [-0.25, -0.2) is 0 Å². The third-order valence-corrected chi connectivity index (χ3v) is 3.01. The van der Waals surface area contributed by atoms with Gasteiger partial charge in [-0.05, 0) is 35.4 Å². The summed E-state index contributed by atoms with van der Waals surface area (Å²) in [4.78, 5) is 1.39. The lowest BCUT2D eigenvalue weighted by Gasteiger charge is -2.12. The number of aliphatic hydroxyl groups is 1. The van der Waals surface area contributed by atoms with Crippen LogP contribution in [-0.4, -0.2) is 25.3 Å². The molecular weight excluding hydrogens is 284 g/mol. The number of aliphatic hydroxyl groups excluding tert-OH is 1. The highest BCUT2D eigenvalue weighted by Gasteiger charge is 2.14. The average Bonchev–Trinajstić information content (AvgIpc) is 2.63.